The SMILES string of the molecule is Cc1cc(C)c(C(C)NC(C)c2ccccc2Cl)c(C)c1. The zero-order chi connectivity index (χ0) is 15.6. The van der Waals surface area contributed by atoms with Crippen molar-refractivity contribution in [1.82, 2.24) is 5.32 Å². The third kappa shape index (κ3) is 3.66. The van der Waals surface area contributed by atoms with Crippen LogP contribution in [0, 0.1) is 20.8 Å². The van der Waals surface area contributed by atoms with E-state index in [4.69, 9.17) is 11.6 Å². The van der Waals surface area contributed by atoms with Crippen LogP contribution in [0.5, 0.6) is 0 Å². The first-order valence-electron chi connectivity index (χ1n) is 7.48. The maximum atomic E-state index is 6.29. The number of halogens is 1. The van der Waals surface area contributed by atoms with Crippen LogP contribution in [-0.2, 0) is 0 Å². The minimum atomic E-state index is 0.216. The lowest BCUT2D eigenvalue weighted by Gasteiger charge is -2.24. The van der Waals surface area contributed by atoms with Gasteiger partial charge in [-0.1, -0.05) is 47.5 Å². The Hall–Kier alpha value is -1.31. The molecule has 2 atom stereocenters. The molecule has 2 aromatic rings. The highest BCUT2D eigenvalue weighted by atomic mass is 35.5. The average Bonchev–Trinajstić information content (AvgIpc) is 2.37. The number of hydrogen-bond donors (Lipinski definition) is 1. The minimum Gasteiger partial charge on any atom is -0.304 e. The number of nitrogens with one attached hydrogen (secondary N) is 1. The summed E-state index contributed by atoms with van der Waals surface area (Å²) in [6, 6.07) is 13.0. The molecule has 0 saturated carbocycles. The second-order valence-electron chi connectivity index (χ2n) is 5.94. The fourth-order valence-electron chi connectivity index (χ4n) is 3.25. The average molecular weight is 302 g/mol. The Labute approximate surface area is 133 Å². The molecule has 0 saturated heterocycles. The molecule has 2 rings (SSSR count). The summed E-state index contributed by atoms with van der Waals surface area (Å²) in [4.78, 5) is 0. The highest BCUT2D eigenvalue weighted by Crippen LogP contribution is 2.28. The van der Waals surface area contributed by atoms with Gasteiger partial charge in [-0.05, 0) is 62.9 Å². The lowest BCUT2D eigenvalue weighted by Crippen LogP contribution is -2.24. The van der Waals surface area contributed by atoms with Gasteiger partial charge in [0.25, 0.3) is 0 Å². The van der Waals surface area contributed by atoms with Gasteiger partial charge in [0.2, 0.25) is 0 Å². The normalized spacial score (nSPS) is 14.0. The summed E-state index contributed by atoms with van der Waals surface area (Å²) in [5.74, 6) is 0. The highest BCUT2D eigenvalue weighted by molar-refractivity contribution is 6.31. The van der Waals surface area contributed by atoms with Gasteiger partial charge in [-0.25, -0.2) is 0 Å². The number of aryl methyl sites for hydroxylation is 3. The van der Waals surface area contributed by atoms with Crippen molar-refractivity contribution in [2.45, 2.75) is 46.7 Å². The van der Waals surface area contributed by atoms with Crippen molar-refractivity contribution in [1.29, 1.82) is 0 Å². The van der Waals surface area contributed by atoms with E-state index >= 15 is 0 Å². The molecule has 0 fully saturated rings. The van der Waals surface area contributed by atoms with Gasteiger partial charge in [-0.2, -0.15) is 0 Å². The Morgan fingerprint density at radius 2 is 1.48 bits per heavy atom. The second kappa shape index (κ2) is 6.64. The fraction of sp³-hybridized carbons (Fsp3) is 0.368. The third-order valence-corrected chi connectivity index (χ3v) is 4.39. The Morgan fingerprint density at radius 1 is 0.905 bits per heavy atom. The molecule has 2 aromatic carbocycles. The van der Waals surface area contributed by atoms with Crippen molar-refractivity contribution < 1.29 is 0 Å². The molecule has 0 spiro atoms. The van der Waals surface area contributed by atoms with Crippen molar-refractivity contribution in [2.75, 3.05) is 0 Å². The van der Waals surface area contributed by atoms with E-state index in [9.17, 15) is 0 Å². The summed E-state index contributed by atoms with van der Waals surface area (Å²) in [5, 5.41) is 4.49. The molecule has 1 N–H and O–H groups in total. The van der Waals surface area contributed by atoms with E-state index in [2.05, 4.69) is 58.1 Å². The molecule has 0 aliphatic rings. The summed E-state index contributed by atoms with van der Waals surface area (Å²) >= 11 is 6.29. The smallest absolute Gasteiger partial charge is 0.0453 e. The zero-order valence-electron chi connectivity index (χ0n) is 13.5. The fourth-order valence-corrected chi connectivity index (χ4v) is 3.55. The Balaban J connectivity index is 2.22. The molecule has 112 valence electrons. The Kier molecular flexibility index (Phi) is 5.08. The first-order valence-corrected chi connectivity index (χ1v) is 7.86. The predicted octanol–water partition coefficient (Wildman–Crippen LogP) is 5.68. The summed E-state index contributed by atoms with van der Waals surface area (Å²) in [5.41, 5.74) is 6.55. The van der Waals surface area contributed by atoms with Crippen LogP contribution in [0.25, 0.3) is 0 Å². The van der Waals surface area contributed by atoms with E-state index < -0.39 is 0 Å². The molecule has 2 heteroatoms. The molecule has 0 aliphatic heterocycles. The van der Waals surface area contributed by atoms with Crippen molar-refractivity contribution >= 4 is 11.6 Å². The maximum absolute atomic E-state index is 6.29. The maximum Gasteiger partial charge on any atom is 0.0453 e. The largest absolute Gasteiger partial charge is 0.304 e. The standard InChI is InChI=1S/C19H24ClN/c1-12-10-13(2)19(14(3)11-12)16(5)21-15(4)17-8-6-7-9-18(17)20/h6-11,15-16,21H,1-5H3. The van der Waals surface area contributed by atoms with E-state index in [1.807, 2.05) is 18.2 Å². The molecular formula is C19H24ClN. The van der Waals surface area contributed by atoms with E-state index in [0.717, 1.165) is 10.6 Å². The lowest BCUT2D eigenvalue weighted by molar-refractivity contribution is 0.491. The van der Waals surface area contributed by atoms with Gasteiger partial charge < -0.3 is 5.32 Å². The number of benzene rings is 2. The third-order valence-electron chi connectivity index (χ3n) is 4.04. The van der Waals surface area contributed by atoms with Gasteiger partial charge >= 0.3 is 0 Å². The molecule has 0 radical (unpaired) electrons. The van der Waals surface area contributed by atoms with Crippen molar-refractivity contribution in [3.63, 3.8) is 0 Å². The zero-order valence-corrected chi connectivity index (χ0v) is 14.3. The summed E-state index contributed by atoms with van der Waals surface area (Å²) in [7, 11) is 0. The molecule has 0 aromatic heterocycles. The van der Waals surface area contributed by atoms with E-state index in [1.165, 1.54) is 22.3 Å². The van der Waals surface area contributed by atoms with E-state index in [-0.39, 0.29) is 12.1 Å². The van der Waals surface area contributed by atoms with Crippen molar-refractivity contribution in [2.24, 2.45) is 0 Å². The first kappa shape index (κ1) is 16.1. The van der Waals surface area contributed by atoms with Crippen molar-refractivity contribution in [3.05, 3.63) is 69.2 Å². The topological polar surface area (TPSA) is 12.0 Å². The molecule has 0 heterocycles. The van der Waals surface area contributed by atoms with Gasteiger partial charge in [-0.15, -0.1) is 0 Å². The van der Waals surface area contributed by atoms with Crippen LogP contribution in [0.4, 0.5) is 0 Å². The Morgan fingerprint density at radius 3 is 2.05 bits per heavy atom. The van der Waals surface area contributed by atoms with Gasteiger partial charge in [0.15, 0.2) is 0 Å². The van der Waals surface area contributed by atoms with E-state index in [0.29, 0.717) is 0 Å². The number of hydrogen-bond acceptors (Lipinski definition) is 1. The van der Waals surface area contributed by atoms with Crippen LogP contribution >= 0.6 is 11.6 Å². The monoisotopic (exact) mass is 301 g/mol. The minimum absolute atomic E-state index is 0.216. The molecule has 2 unspecified atom stereocenters. The molecule has 1 nitrogen and oxygen atoms in total. The van der Waals surface area contributed by atoms with E-state index in [1.54, 1.807) is 0 Å². The summed E-state index contributed by atoms with van der Waals surface area (Å²) in [6.07, 6.45) is 0. The Bertz CT molecular complexity index is 610. The molecular weight excluding hydrogens is 278 g/mol. The summed E-state index contributed by atoms with van der Waals surface area (Å²) in [6.45, 7) is 10.9. The van der Waals surface area contributed by atoms with Crippen LogP contribution in [0.3, 0.4) is 0 Å². The van der Waals surface area contributed by atoms with Crippen LogP contribution in [0.2, 0.25) is 5.02 Å². The molecule has 0 bridgehead atoms. The van der Waals surface area contributed by atoms with Crippen LogP contribution in [0.1, 0.15) is 53.7 Å². The van der Waals surface area contributed by atoms with Crippen molar-refractivity contribution in [3.8, 4) is 0 Å². The second-order valence-corrected chi connectivity index (χ2v) is 6.35. The lowest BCUT2D eigenvalue weighted by atomic mass is 9.94. The van der Waals surface area contributed by atoms with Gasteiger partial charge in [0.05, 0.1) is 0 Å². The number of rotatable bonds is 4. The molecule has 21 heavy (non-hydrogen) atoms. The molecule has 0 aliphatic carbocycles. The van der Waals surface area contributed by atoms with Gasteiger partial charge in [-0.3, -0.25) is 0 Å². The van der Waals surface area contributed by atoms with Gasteiger partial charge in [0.1, 0.15) is 0 Å². The van der Waals surface area contributed by atoms with Crippen LogP contribution in [0.15, 0.2) is 36.4 Å². The summed E-state index contributed by atoms with van der Waals surface area (Å²) < 4.78 is 0. The van der Waals surface area contributed by atoms with Crippen LogP contribution in [-0.4, -0.2) is 0 Å². The van der Waals surface area contributed by atoms with Crippen LogP contribution < -0.4 is 5.32 Å². The molecule has 0 amide bonds. The predicted molar refractivity (Wildman–Crippen MR) is 92.1 cm³/mol. The first-order chi connectivity index (χ1) is 9.90. The van der Waals surface area contributed by atoms with Gasteiger partial charge in [0, 0.05) is 17.1 Å². The highest BCUT2D eigenvalue weighted by Gasteiger charge is 2.16. The quantitative estimate of drug-likeness (QED) is 0.766.